The molecule has 0 bridgehead atoms. The molecule has 2 aromatic heterocycles. The highest BCUT2D eigenvalue weighted by molar-refractivity contribution is 5.80. The van der Waals surface area contributed by atoms with E-state index < -0.39 is 0 Å². The zero-order valence-corrected chi connectivity index (χ0v) is 10.2. The number of fused-ring (bicyclic) bond motifs is 1. The first-order valence-corrected chi connectivity index (χ1v) is 5.94. The lowest BCUT2D eigenvalue weighted by atomic mass is 10.1. The molecule has 0 amide bonds. The molecular formula is C12H17N5. The monoisotopic (exact) mass is 231 g/mol. The number of pyridine rings is 1. The molecule has 1 aliphatic rings. The molecule has 3 rings (SSSR count). The molecule has 0 saturated carbocycles. The lowest BCUT2D eigenvalue weighted by Crippen LogP contribution is -2.19. The normalized spacial score (nSPS) is 21.4. The van der Waals surface area contributed by atoms with Gasteiger partial charge in [-0.2, -0.15) is 0 Å². The van der Waals surface area contributed by atoms with E-state index in [1.165, 1.54) is 6.42 Å². The summed E-state index contributed by atoms with van der Waals surface area (Å²) in [5.41, 5.74) is 8.99. The van der Waals surface area contributed by atoms with Gasteiger partial charge in [0.2, 0.25) is 0 Å². The van der Waals surface area contributed by atoms with E-state index >= 15 is 0 Å². The fourth-order valence-corrected chi connectivity index (χ4v) is 2.72. The van der Waals surface area contributed by atoms with Crippen molar-refractivity contribution >= 4 is 16.9 Å². The molecule has 90 valence electrons. The van der Waals surface area contributed by atoms with Crippen LogP contribution < -0.4 is 5.73 Å². The van der Waals surface area contributed by atoms with E-state index in [1.807, 2.05) is 24.0 Å². The number of hydrogen-bond donors (Lipinski definition) is 1. The van der Waals surface area contributed by atoms with E-state index in [1.54, 1.807) is 0 Å². The van der Waals surface area contributed by atoms with Crippen molar-refractivity contribution in [1.29, 1.82) is 0 Å². The quantitative estimate of drug-likeness (QED) is 0.804. The van der Waals surface area contributed by atoms with Gasteiger partial charge in [0.1, 0.15) is 5.82 Å². The van der Waals surface area contributed by atoms with Crippen molar-refractivity contribution in [2.75, 3.05) is 19.3 Å². The Hall–Kier alpha value is -1.62. The fourth-order valence-electron chi connectivity index (χ4n) is 2.72. The van der Waals surface area contributed by atoms with Gasteiger partial charge in [-0.25, -0.2) is 9.97 Å². The van der Waals surface area contributed by atoms with Gasteiger partial charge in [-0.15, -0.1) is 0 Å². The molecule has 2 N–H and O–H groups in total. The largest absolute Gasteiger partial charge is 0.384 e. The molecular weight excluding hydrogens is 214 g/mol. The average molecular weight is 231 g/mol. The highest BCUT2D eigenvalue weighted by Crippen LogP contribution is 2.33. The zero-order chi connectivity index (χ0) is 12.0. The van der Waals surface area contributed by atoms with Crippen molar-refractivity contribution in [2.24, 2.45) is 7.05 Å². The summed E-state index contributed by atoms with van der Waals surface area (Å²) in [7, 11) is 4.15. The minimum Gasteiger partial charge on any atom is -0.384 e. The van der Waals surface area contributed by atoms with Gasteiger partial charge in [0.25, 0.3) is 0 Å². The molecule has 0 spiro atoms. The summed E-state index contributed by atoms with van der Waals surface area (Å²) in [5, 5.41) is 0. The third-order valence-corrected chi connectivity index (χ3v) is 3.58. The third-order valence-electron chi connectivity index (χ3n) is 3.58. The number of anilines is 1. The van der Waals surface area contributed by atoms with Crippen LogP contribution in [0.4, 0.5) is 5.82 Å². The second-order valence-corrected chi connectivity index (χ2v) is 4.79. The van der Waals surface area contributed by atoms with Crippen LogP contribution in [0, 0.1) is 0 Å². The number of nitrogens with zero attached hydrogens (tertiary/aromatic N) is 4. The van der Waals surface area contributed by atoms with Crippen LogP contribution >= 0.6 is 0 Å². The Bertz CT molecular complexity index is 559. The third kappa shape index (κ3) is 1.58. The van der Waals surface area contributed by atoms with Gasteiger partial charge in [0, 0.05) is 13.1 Å². The molecule has 5 nitrogen and oxygen atoms in total. The minimum absolute atomic E-state index is 0.372. The lowest BCUT2D eigenvalue weighted by molar-refractivity contribution is 0.313. The predicted molar refractivity (Wildman–Crippen MR) is 67.5 cm³/mol. The van der Waals surface area contributed by atoms with Crippen LogP contribution in [0.5, 0.6) is 0 Å². The summed E-state index contributed by atoms with van der Waals surface area (Å²) in [4.78, 5) is 11.2. The summed E-state index contributed by atoms with van der Waals surface area (Å²) < 4.78 is 2.03. The number of nitrogens with two attached hydrogens (primary N) is 1. The summed E-state index contributed by atoms with van der Waals surface area (Å²) in [6, 6.07) is 2.21. The Labute approximate surface area is 100 Å². The first kappa shape index (κ1) is 10.5. The Kier molecular flexibility index (Phi) is 2.29. The molecule has 1 atom stereocenters. The second-order valence-electron chi connectivity index (χ2n) is 4.79. The Balaban J connectivity index is 2.23. The van der Waals surface area contributed by atoms with Gasteiger partial charge < -0.3 is 10.3 Å². The van der Waals surface area contributed by atoms with E-state index in [0.29, 0.717) is 11.9 Å². The number of aryl methyl sites for hydroxylation is 1. The maximum Gasteiger partial charge on any atom is 0.126 e. The fraction of sp³-hybridized carbons (Fsp3) is 0.500. The summed E-state index contributed by atoms with van der Waals surface area (Å²) in [5.74, 6) is 0.562. The average Bonchev–Trinajstić information content (AvgIpc) is 2.85. The number of rotatable bonds is 1. The van der Waals surface area contributed by atoms with E-state index in [4.69, 9.17) is 5.73 Å². The van der Waals surface area contributed by atoms with Crippen molar-refractivity contribution in [3.8, 4) is 0 Å². The number of hydrogen-bond acceptors (Lipinski definition) is 4. The van der Waals surface area contributed by atoms with Gasteiger partial charge in [0.15, 0.2) is 0 Å². The molecule has 5 heteroatoms. The van der Waals surface area contributed by atoms with E-state index in [9.17, 15) is 0 Å². The van der Waals surface area contributed by atoms with Crippen molar-refractivity contribution < 1.29 is 0 Å². The molecule has 2 aromatic rings. The Morgan fingerprint density at radius 2 is 2.24 bits per heavy atom. The maximum absolute atomic E-state index is 5.87. The second kappa shape index (κ2) is 3.70. The maximum atomic E-state index is 5.87. The molecule has 0 aliphatic carbocycles. The van der Waals surface area contributed by atoms with Gasteiger partial charge in [-0.3, -0.25) is 4.90 Å². The standard InChI is InChI=1S/C12H17N5/c1-16-5-3-4-9(16)11-12-8(6-10(13)15-11)14-7-17(12)2/h6-7,9H,3-5H2,1-2H3,(H2,13,15). The molecule has 0 radical (unpaired) electrons. The van der Waals surface area contributed by atoms with Crippen LogP contribution in [0.25, 0.3) is 11.0 Å². The van der Waals surface area contributed by atoms with Crippen LogP contribution in [-0.4, -0.2) is 33.0 Å². The SMILES string of the molecule is CN1CCCC1c1nc(N)cc2ncn(C)c12. The van der Waals surface area contributed by atoms with Gasteiger partial charge >= 0.3 is 0 Å². The molecule has 1 aliphatic heterocycles. The van der Waals surface area contributed by atoms with Crippen LogP contribution in [0.15, 0.2) is 12.4 Å². The van der Waals surface area contributed by atoms with Gasteiger partial charge in [-0.05, 0) is 26.4 Å². The van der Waals surface area contributed by atoms with Crippen LogP contribution in [0.2, 0.25) is 0 Å². The number of aromatic nitrogens is 3. The van der Waals surface area contributed by atoms with Crippen LogP contribution in [0.1, 0.15) is 24.6 Å². The van der Waals surface area contributed by atoms with E-state index in [0.717, 1.165) is 29.7 Å². The zero-order valence-electron chi connectivity index (χ0n) is 10.2. The first-order valence-electron chi connectivity index (χ1n) is 5.94. The molecule has 1 saturated heterocycles. The predicted octanol–water partition coefficient (Wildman–Crippen LogP) is 1.32. The molecule has 1 unspecified atom stereocenters. The highest BCUT2D eigenvalue weighted by Gasteiger charge is 2.27. The van der Waals surface area contributed by atoms with Crippen LogP contribution in [0.3, 0.4) is 0 Å². The number of likely N-dealkylation sites (tertiary alicyclic amines) is 1. The van der Waals surface area contributed by atoms with Gasteiger partial charge in [-0.1, -0.05) is 0 Å². The smallest absolute Gasteiger partial charge is 0.126 e. The van der Waals surface area contributed by atoms with Crippen molar-refractivity contribution in [3.05, 3.63) is 18.1 Å². The molecule has 17 heavy (non-hydrogen) atoms. The van der Waals surface area contributed by atoms with Crippen LogP contribution in [-0.2, 0) is 7.05 Å². The Morgan fingerprint density at radius 1 is 1.41 bits per heavy atom. The number of nitrogen functional groups attached to an aromatic ring is 1. The topological polar surface area (TPSA) is 60.0 Å². The lowest BCUT2D eigenvalue weighted by Gasteiger charge is -2.20. The Morgan fingerprint density at radius 3 is 2.94 bits per heavy atom. The first-order chi connectivity index (χ1) is 8.16. The number of imidazole rings is 1. The van der Waals surface area contributed by atoms with Crippen molar-refractivity contribution in [2.45, 2.75) is 18.9 Å². The molecule has 1 fully saturated rings. The molecule has 0 aromatic carbocycles. The van der Waals surface area contributed by atoms with E-state index in [-0.39, 0.29) is 0 Å². The highest BCUT2D eigenvalue weighted by atomic mass is 15.2. The van der Waals surface area contributed by atoms with Crippen molar-refractivity contribution in [1.82, 2.24) is 19.4 Å². The summed E-state index contributed by atoms with van der Waals surface area (Å²) >= 11 is 0. The summed E-state index contributed by atoms with van der Waals surface area (Å²) in [6.07, 6.45) is 4.19. The van der Waals surface area contributed by atoms with E-state index in [2.05, 4.69) is 21.9 Å². The van der Waals surface area contributed by atoms with Crippen molar-refractivity contribution in [3.63, 3.8) is 0 Å². The molecule has 3 heterocycles. The minimum atomic E-state index is 0.372. The summed E-state index contributed by atoms with van der Waals surface area (Å²) in [6.45, 7) is 1.13. The van der Waals surface area contributed by atoms with Gasteiger partial charge in [0.05, 0.1) is 29.1 Å².